The molecule has 1 aromatic carbocycles. The molecule has 0 fully saturated rings. The Morgan fingerprint density at radius 1 is 1.50 bits per heavy atom. The van der Waals surface area contributed by atoms with Gasteiger partial charge in [0.15, 0.2) is 0 Å². The van der Waals surface area contributed by atoms with E-state index in [-0.39, 0.29) is 11.9 Å². The van der Waals surface area contributed by atoms with Gasteiger partial charge in [-0.15, -0.1) is 5.10 Å². The molecule has 0 saturated heterocycles. The largest absolute Gasteiger partial charge is 0.460 e. The first kappa shape index (κ1) is 13.1. The van der Waals surface area contributed by atoms with Gasteiger partial charge < -0.3 is 4.74 Å². The van der Waals surface area contributed by atoms with E-state index in [2.05, 4.69) is 10.1 Å². The second-order valence-corrected chi connectivity index (χ2v) is 5.00. The lowest BCUT2D eigenvalue weighted by Gasteiger charge is -2.13. The van der Waals surface area contributed by atoms with E-state index in [1.807, 2.05) is 24.3 Å². The van der Waals surface area contributed by atoms with Crippen molar-refractivity contribution < 1.29 is 9.53 Å². The van der Waals surface area contributed by atoms with Crippen LogP contribution in [0.3, 0.4) is 0 Å². The standard InChI is InChI=1S/C14H14ClN3O2/c1-2-20-14(19)13-16-12-8-7-11(18(12)17-13)9-5-3-4-6-10(9)15/h3-6,11H,2,7-8H2,1H3. The Morgan fingerprint density at radius 2 is 2.30 bits per heavy atom. The number of ether oxygens (including phenoxy) is 1. The van der Waals surface area contributed by atoms with Gasteiger partial charge in [0.05, 0.1) is 12.6 Å². The van der Waals surface area contributed by atoms with Gasteiger partial charge in [-0.1, -0.05) is 29.8 Å². The number of aromatic nitrogens is 3. The van der Waals surface area contributed by atoms with Crippen molar-refractivity contribution in [3.63, 3.8) is 0 Å². The molecular weight excluding hydrogens is 278 g/mol. The van der Waals surface area contributed by atoms with E-state index < -0.39 is 5.97 Å². The van der Waals surface area contributed by atoms with Crippen molar-refractivity contribution in [1.29, 1.82) is 0 Å². The van der Waals surface area contributed by atoms with E-state index in [9.17, 15) is 4.79 Å². The Labute approximate surface area is 121 Å². The zero-order valence-corrected chi connectivity index (χ0v) is 11.8. The highest BCUT2D eigenvalue weighted by atomic mass is 35.5. The highest BCUT2D eigenvalue weighted by Gasteiger charge is 2.30. The minimum atomic E-state index is -0.479. The van der Waals surface area contributed by atoms with E-state index in [0.717, 1.165) is 24.2 Å². The van der Waals surface area contributed by atoms with Gasteiger partial charge in [0.2, 0.25) is 0 Å². The molecule has 0 spiro atoms. The van der Waals surface area contributed by atoms with Crippen molar-refractivity contribution in [2.24, 2.45) is 0 Å². The van der Waals surface area contributed by atoms with Crippen LogP contribution in [-0.2, 0) is 11.2 Å². The maximum absolute atomic E-state index is 11.7. The Balaban J connectivity index is 1.94. The summed E-state index contributed by atoms with van der Waals surface area (Å²) in [6.07, 6.45) is 1.67. The molecule has 2 aromatic rings. The normalized spacial score (nSPS) is 17.0. The molecule has 1 aliphatic heterocycles. The first-order valence-electron chi connectivity index (χ1n) is 6.57. The van der Waals surface area contributed by atoms with E-state index in [1.165, 1.54) is 0 Å². The van der Waals surface area contributed by atoms with E-state index in [4.69, 9.17) is 16.3 Å². The zero-order valence-electron chi connectivity index (χ0n) is 11.0. The number of rotatable bonds is 3. The smallest absolute Gasteiger partial charge is 0.378 e. The fourth-order valence-electron chi connectivity index (χ4n) is 2.48. The number of carbonyl (C=O) groups excluding carboxylic acids is 1. The molecule has 0 N–H and O–H groups in total. The molecule has 0 aliphatic carbocycles. The second kappa shape index (κ2) is 5.25. The molecule has 20 heavy (non-hydrogen) atoms. The Kier molecular flexibility index (Phi) is 3.44. The number of nitrogens with zero attached hydrogens (tertiary/aromatic N) is 3. The fraction of sp³-hybridized carbons (Fsp3) is 0.357. The molecule has 0 saturated carbocycles. The van der Waals surface area contributed by atoms with Crippen molar-refractivity contribution in [3.05, 3.63) is 46.5 Å². The summed E-state index contributed by atoms with van der Waals surface area (Å²) in [5.74, 6) is 0.448. The number of hydrogen-bond donors (Lipinski definition) is 0. The average molecular weight is 292 g/mol. The highest BCUT2D eigenvalue weighted by molar-refractivity contribution is 6.31. The van der Waals surface area contributed by atoms with Gasteiger partial charge in [0.1, 0.15) is 5.82 Å². The van der Waals surface area contributed by atoms with Crippen LogP contribution in [0, 0.1) is 0 Å². The summed E-state index contributed by atoms with van der Waals surface area (Å²) in [7, 11) is 0. The van der Waals surface area contributed by atoms with Crippen LogP contribution >= 0.6 is 11.6 Å². The second-order valence-electron chi connectivity index (χ2n) is 4.59. The molecule has 1 aromatic heterocycles. The number of hydrogen-bond acceptors (Lipinski definition) is 4. The van der Waals surface area contributed by atoms with Gasteiger partial charge in [0, 0.05) is 11.4 Å². The minimum Gasteiger partial charge on any atom is -0.460 e. The van der Waals surface area contributed by atoms with E-state index in [0.29, 0.717) is 11.6 Å². The number of aryl methyl sites for hydroxylation is 1. The van der Waals surface area contributed by atoms with E-state index >= 15 is 0 Å². The van der Waals surface area contributed by atoms with Crippen LogP contribution in [0.5, 0.6) is 0 Å². The van der Waals surface area contributed by atoms with Crippen LogP contribution in [-0.4, -0.2) is 27.3 Å². The number of carbonyl (C=O) groups is 1. The first-order valence-corrected chi connectivity index (χ1v) is 6.95. The number of esters is 1. The predicted molar refractivity (Wildman–Crippen MR) is 73.9 cm³/mol. The minimum absolute atomic E-state index is 0.0365. The van der Waals surface area contributed by atoms with Crippen molar-refractivity contribution >= 4 is 17.6 Å². The van der Waals surface area contributed by atoms with Crippen molar-refractivity contribution in [2.45, 2.75) is 25.8 Å². The molecule has 1 aliphatic rings. The molecule has 1 unspecified atom stereocenters. The predicted octanol–water partition coefficient (Wildman–Crippen LogP) is 2.64. The molecule has 0 amide bonds. The number of benzene rings is 1. The topological polar surface area (TPSA) is 57.0 Å². The van der Waals surface area contributed by atoms with Gasteiger partial charge in [-0.25, -0.2) is 14.5 Å². The van der Waals surface area contributed by atoms with Crippen LogP contribution in [0.1, 0.15) is 41.4 Å². The van der Waals surface area contributed by atoms with Crippen LogP contribution in [0.15, 0.2) is 24.3 Å². The van der Waals surface area contributed by atoms with Crippen LogP contribution in [0.25, 0.3) is 0 Å². The summed E-state index contributed by atoms with van der Waals surface area (Å²) in [6.45, 7) is 2.07. The number of halogens is 1. The first-order chi connectivity index (χ1) is 9.70. The Morgan fingerprint density at radius 3 is 3.05 bits per heavy atom. The van der Waals surface area contributed by atoms with Gasteiger partial charge in [-0.2, -0.15) is 0 Å². The van der Waals surface area contributed by atoms with Crippen molar-refractivity contribution in [2.75, 3.05) is 6.61 Å². The van der Waals surface area contributed by atoms with Gasteiger partial charge in [-0.05, 0) is 25.0 Å². The molecule has 2 heterocycles. The number of fused-ring (bicyclic) bond motifs is 1. The van der Waals surface area contributed by atoms with Gasteiger partial charge >= 0.3 is 5.97 Å². The SMILES string of the molecule is CCOC(=O)c1nc2n(n1)C(c1ccccc1Cl)CC2. The molecule has 6 heteroatoms. The maximum Gasteiger partial charge on any atom is 0.378 e. The molecular formula is C14H14ClN3O2. The third-order valence-electron chi connectivity index (χ3n) is 3.36. The molecule has 0 radical (unpaired) electrons. The highest BCUT2D eigenvalue weighted by Crippen LogP contribution is 2.34. The van der Waals surface area contributed by atoms with Gasteiger partial charge in [0.25, 0.3) is 5.82 Å². The molecule has 1 atom stereocenters. The maximum atomic E-state index is 11.7. The summed E-state index contributed by atoms with van der Waals surface area (Å²) >= 11 is 6.24. The molecule has 104 valence electrons. The lowest BCUT2D eigenvalue weighted by atomic mass is 10.1. The third-order valence-corrected chi connectivity index (χ3v) is 3.70. The molecule has 0 bridgehead atoms. The quantitative estimate of drug-likeness (QED) is 0.816. The van der Waals surface area contributed by atoms with Crippen LogP contribution in [0.2, 0.25) is 5.02 Å². The Bertz CT molecular complexity index is 654. The third kappa shape index (κ3) is 2.18. The summed E-state index contributed by atoms with van der Waals surface area (Å²) in [4.78, 5) is 15.9. The van der Waals surface area contributed by atoms with Crippen molar-refractivity contribution in [1.82, 2.24) is 14.8 Å². The monoisotopic (exact) mass is 291 g/mol. The average Bonchev–Trinajstić information content (AvgIpc) is 3.00. The fourth-order valence-corrected chi connectivity index (χ4v) is 2.74. The van der Waals surface area contributed by atoms with E-state index in [1.54, 1.807) is 11.6 Å². The van der Waals surface area contributed by atoms with Crippen molar-refractivity contribution in [3.8, 4) is 0 Å². The van der Waals surface area contributed by atoms with Gasteiger partial charge in [-0.3, -0.25) is 0 Å². The Hall–Kier alpha value is -1.88. The molecule has 3 rings (SSSR count). The summed E-state index contributed by atoms with van der Waals surface area (Å²) in [5, 5.41) is 4.99. The lowest BCUT2D eigenvalue weighted by Crippen LogP contribution is -2.11. The summed E-state index contributed by atoms with van der Waals surface area (Å²) < 4.78 is 6.71. The molecule has 5 nitrogen and oxygen atoms in total. The zero-order chi connectivity index (χ0) is 14.1. The summed E-state index contributed by atoms with van der Waals surface area (Å²) in [6, 6.07) is 7.72. The van der Waals surface area contributed by atoms with Crippen LogP contribution in [0.4, 0.5) is 0 Å². The summed E-state index contributed by atoms with van der Waals surface area (Å²) in [5.41, 5.74) is 1.01. The van der Waals surface area contributed by atoms with Crippen LogP contribution < -0.4 is 0 Å². The lowest BCUT2D eigenvalue weighted by molar-refractivity contribution is 0.0511.